The lowest BCUT2D eigenvalue weighted by atomic mass is 10.00. The summed E-state index contributed by atoms with van der Waals surface area (Å²) in [7, 11) is 3.16. The molecular weight excluding hydrogens is 771 g/mol. The second-order valence-electron chi connectivity index (χ2n) is 15.3. The van der Waals surface area contributed by atoms with E-state index in [1.807, 2.05) is 24.3 Å². The minimum Gasteiger partial charge on any atom is -0.455 e. The number of piperidine rings is 2. The first-order valence-electron chi connectivity index (χ1n) is 19.2. The highest BCUT2D eigenvalue weighted by Gasteiger charge is 2.40. The molecule has 0 aromatic heterocycles. The number of anilines is 2. The van der Waals surface area contributed by atoms with Crippen LogP contribution < -0.4 is 11.1 Å². The number of nitrogens with two attached hydrogens (primary N) is 1. The smallest absolute Gasteiger partial charge is 0.418 e. The highest BCUT2D eigenvalue weighted by atomic mass is 35.5. The zero-order valence-corrected chi connectivity index (χ0v) is 32.8. The van der Waals surface area contributed by atoms with Crippen LogP contribution in [0.15, 0.2) is 36.4 Å². The highest BCUT2D eigenvalue weighted by Crippen LogP contribution is 2.38. The highest BCUT2D eigenvalue weighted by molar-refractivity contribution is 6.33. The second kappa shape index (κ2) is 17.8. The molecule has 4 aliphatic rings. The monoisotopic (exact) mass is 819 g/mol. The average molecular weight is 820 g/mol. The van der Waals surface area contributed by atoms with Crippen LogP contribution in [-0.2, 0) is 42.9 Å². The number of likely N-dealkylation sites (N-methyl/N-ethyl adjacent to an activating group) is 1. The van der Waals surface area contributed by atoms with Crippen molar-refractivity contribution >= 4 is 52.9 Å². The first-order chi connectivity index (χ1) is 27.1. The van der Waals surface area contributed by atoms with Gasteiger partial charge in [0.05, 0.1) is 22.2 Å². The van der Waals surface area contributed by atoms with E-state index >= 15 is 0 Å². The maximum absolute atomic E-state index is 14.1. The summed E-state index contributed by atoms with van der Waals surface area (Å²) in [6.45, 7) is 2.38. The number of carbonyl (C=O) groups excluding carboxylic acids is 5. The van der Waals surface area contributed by atoms with E-state index in [2.05, 4.69) is 10.2 Å². The second-order valence-corrected chi connectivity index (χ2v) is 15.7. The van der Waals surface area contributed by atoms with Crippen molar-refractivity contribution in [1.82, 2.24) is 24.5 Å². The Hall–Kier alpha value is -4.77. The van der Waals surface area contributed by atoms with Gasteiger partial charge in [-0.15, -0.1) is 0 Å². The number of halogens is 4. The van der Waals surface area contributed by atoms with Crippen molar-refractivity contribution < 1.29 is 46.6 Å². The Balaban J connectivity index is 1.08. The van der Waals surface area contributed by atoms with Crippen LogP contribution >= 0.6 is 11.6 Å². The van der Waals surface area contributed by atoms with E-state index in [-0.39, 0.29) is 66.6 Å². The van der Waals surface area contributed by atoms with Crippen LogP contribution in [0.25, 0.3) is 0 Å². The van der Waals surface area contributed by atoms with Gasteiger partial charge in [-0.1, -0.05) is 29.8 Å². The third kappa shape index (κ3) is 10.0. The molecule has 0 unspecified atom stereocenters. The van der Waals surface area contributed by atoms with E-state index in [0.29, 0.717) is 71.2 Å². The number of benzene rings is 2. The summed E-state index contributed by atoms with van der Waals surface area (Å²) in [5.74, 6) is -1.66. The molecule has 14 nitrogen and oxygen atoms in total. The zero-order chi connectivity index (χ0) is 41.0. The predicted octanol–water partition coefficient (Wildman–Crippen LogP) is 4.49. The van der Waals surface area contributed by atoms with Crippen LogP contribution in [0.1, 0.15) is 48.8 Å². The summed E-state index contributed by atoms with van der Waals surface area (Å²) in [4.78, 5) is 73.7. The Labute approximate surface area is 334 Å². The third-order valence-corrected chi connectivity index (χ3v) is 11.7. The van der Waals surface area contributed by atoms with Crippen molar-refractivity contribution in [3.63, 3.8) is 0 Å². The Kier molecular flexibility index (Phi) is 13.1. The number of fused-ring (bicyclic) bond motifs is 1. The zero-order valence-electron chi connectivity index (χ0n) is 32.1. The molecule has 4 aliphatic heterocycles. The number of urea groups is 1. The SMILES string of the molecule is CN(C)C(=O)COC(=O)[C@@H]1CCN(C2CCN(C(=O)[C@@H](Cc3cc(Cl)c(N)c(C(F)(F)F)c3)OC(=O)N3CCC(N4CCc5ccccc5NC4=O)CC3)CC2)C1. The molecule has 0 saturated carbocycles. The molecule has 2 atom stereocenters. The fraction of sp³-hybridized carbons (Fsp3) is 0.564. The van der Waals surface area contributed by atoms with Gasteiger partial charge in [-0.3, -0.25) is 19.3 Å². The number of esters is 1. The number of nitrogens with one attached hydrogen (secondary N) is 1. The number of para-hydroxylation sites is 1. The van der Waals surface area contributed by atoms with Gasteiger partial charge in [0.1, 0.15) is 0 Å². The molecule has 0 spiro atoms. The normalized spacial score (nSPS) is 20.4. The largest absolute Gasteiger partial charge is 0.455 e. The maximum atomic E-state index is 14.1. The molecule has 3 saturated heterocycles. The fourth-order valence-electron chi connectivity index (χ4n) is 8.06. The van der Waals surface area contributed by atoms with E-state index in [9.17, 15) is 37.1 Å². The number of hydrogen-bond acceptors (Lipinski definition) is 9. The molecule has 0 bridgehead atoms. The van der Waals surface area contributed by atoms with Crippen molar-refractivity contribution in [3.05, 3.63) is 58.1 Å². The molecule has 0 radical (unpaired) electrons. The molecule has 310 valence electrons. The summed E-state index contributed by atoms with van der Waals surface area (Å²) in [5.41, 5.74) is 5.71. The minimum atomic E-state index is -4.81. The number of likely N-dealkylation sites (tertiary alicyclic amines) is 3. The number of ether oxygens (including phenoxy) is 2. The van der Waals surface area contributed by atoms with E-state index < -0.39 is 41.5 Å². The average Bonchev–Trinajstić information content (AvgIpc) is 3.62. The number of nitrogens with zero attached hydrogens (tertiary/aromatic N) is 5. The first-order valence-corrected chi connectivity index (χ1v) is 19.6. The summed E-state index contributed by atoms with van der Waals surface area (Å²) in [6, 6.07) is 9.40. The van der Waals surface area contributed by atoms with Crippen molar-refractivity contribution in [2.24, 2.45) is 5.92 Å². The first kappa shape index (κ1) is 41.9. The van der Waals surface area contributed by atoms with Crippen LogP contribution in [-0.4, -0.2) is 139 Å². The van der Waals surface area contributed by atoms with E-state index in [1.54, 1.807) is 23.9 Å². The number of amides is 5. The van der Waals surface area contributed by atoms with E-state index in [0.717, 1.165) is 17.3 Å². The molecular formula is C39H49ClF3N7O7. The molecule has 4 heterocycles. The van der Waals surface area contributed by atoms with E-state index in [1.165, 1.54) is 15.9 Å². The van der Waals surface area contributed by atoms with Gasteiger partial charge in [-0.2, -0.15) is 13.2 Å². The van der Waals surface area contributed by atoms with Gasteiger partial charge in [0.15, 0.2) is 12.7 Å². The number of alkyl halides is 3. The lowest BCUT2D eigenvalue weighted by Crippen LogP contribution is -2.52. The summed E-state index contributed by atoms with van der Waals surface area (Å²) < 4.78 is 52.7. The van der Waals surface area contributed by atoms with Gasteiger partial charge >= 0.3 is 24.3 Å². The van der Waals surface area contributed by atoms with Crippen LogP contribution in [0.4, 0.5) is 34.1 Å². The number of carbonyl (C=O) groups is 5. The number of rotatable bonds is 9. The number of hydrogen-bond donors (Lipinski definition) is 2. The van der Waals surface area contributed by atoms with Crippen molar-refractivity contribution in [2.45, 2.75) is 69.3 Å². The fourth-order valence-corrected chi connectivity index (χ4v) is 8.30. The van der Waals surface area contributed by atoms with Gasteiger partial charge in [0, 0.05) is 77.6 Å². The van der Waals surface area contributed by atoms with Crippen molar-refractivity contribution in [1.29, 1.82) is 0 Å². The van der Waals surface area contributed by atoms with Crippen LogP contribution in [0.5, 0.6) is 0 Å². The Morgan fingerprint density at radius 2 is 1.61 bits per heavy atom. The summed E-state index contributed by atoms with van der Waals surface area (Å²) >= 11 is 6.12. The molecule has 0 aliphatic carbocycles. The molecule has 5 amide bonds. The Morgan fingerprint density at radius 1 is 0.947 bits per heavy atom. The molecule has 6 rings (SSSR count). The van der Waals surface area contributed by atoms with Gasteiger partial charge < -0.3 is 40.1 Å². The van der Waals surface area contributed by atoms with Gasteiger partial charge in [-0.05, 0) is 74.4 Å². The quantitative estimate of drug-likeness (QED) is 0.275. The Morgan fingerprint density at radius 3 is 2.30 bits per heavy atom. The maximum Gasteiger partial charge on any atom is 0.418 e. The van der Waals surface area contributed by atoms with Crippen LogP contribution in [0, 0.1) is 5.92 Å². The van der Waals surface area contributed by atoms with Crippen molar-refractivity contribution in [2.75, 3.05) is 77.6 Å². The predicted molar refractivity (Wildman–Crippen MR) is 204 cm³/mol. The van der Waals surface area contributed by atoms with Gasteiger partial charge in [0.2, 0.25) is 0 Å². The molecule has 18 heteroatoms. The summed E-state index contributed by atoms with van der Waals surface area (Å²) in [6.07, 6.45) is -4.12. The van der Waals surface area contributed by atoms with Crippen LogP contribution in [0.3, 0.4) is 0 Å². The topological polar surface area (TPSA) is 158 Å². The van der Waals surface area contributed by atoms with Crippen LogP contribution in [0.2, 0.25) is 5.02 Å². The Bertz CT molecular complexity index is 1830. The lowest BCUT2D eigenvalue weighted by Gasteiger charge is -2.39. The number of nitrogen functional groups attached to an aromatic ring is 1. The molecule has 57 heavy (non-hydrogen) atoms. The summed E-state index contributed by atoms with van der Waals surface area (Å²) in [5, 5.41) is 2.64. The van der Waals surface area contributed by atoms with Gasteiger partial charge in [-0.25, -0.2) is 9.59 Å². The molecule has 3 N–H and O–H groups in total. The standard InChI is InChI=1S/C39H49ClF3N7O7/c1-46(2)33(51)23-56-36(53)26-7-13-49(22-26)27-9-14-47(15-10-27)35(52)32(21-24-19-29(39(41,42)43)34(44)30(40)20-24)57-38(55)48-16-11-28(12-17-48)50-18-8-25-5-3-4-6-31(25)45-37(50)54/h3-6,19-20,26-28,32H,7-18,21-23,44H2,1-2H3,(H,45,54)/t26-,32-/m1/s1. The third-order valence-electron chi connectivity index (χ3n) is 11.4. The van der Waals surface area contributed by atoms with E-state index in [4.69, 9.17) is 26.8 Å². The van der Waals surface area contributed by atoms with Crippen molar-refractivity contribution in [3.8, 4) is 0 Å². The molecule has 2 aromatic rings. The molecule has 3 fully saturated rings. The lowest BCUT2D eigenvalue weighted by molar-refractivity contribution is -0.154. The molecule has 2 aromatic carbocycles. The van der Waals surface area contributed by atoms with Gasteiger partial charge in [0.25, 0.3) is 11.8 Å². The minimum absolute atomic E-state index is 0.0247.